The first-order chi connectivity index (χ1) is 16.5. The number of hydrogen-bond acceptors (Lipinski definition) is 7. The first-order valence-electron chi connectivity index (χ1n) is 10.7. The highest BCUT2D eigenvalue weighted by Crippen LogP contribution is 2.40. The van der Waals surface area contributed by atoms with E-state index in [9.17, 15) is 5.26 Å². The van der Waals surface area contributed by atoms with Gasteiger partial charge >= 0.3 is 0 Å². The van der Waals surface area contributed by atoms with Gasteiger partial charge in [-0.15, -0.1) is 0 Å². The topological polar surface area (TPSA) is 100.0 Å². The number of fused-ring (bicyclic) bond motifs is 1. The summed E-state index contributed by atoms with van der Waals surface area (Å²) in [6, 6.07) is 7.75. The minimum Gasteiger partial charge on any atom is -0.493 e. The van der Waals surface area contributed by atoms with Gasteiger partial charge in [-0.05, 0) is 25.5 Å². The molecule has 1 aliphatic rings. The molecule has 0 spiro atoms. The summed E-state index contributed by atoms with van der Waals surface area (Å²) in [7, 11) is 1.57. The molecular weight excluding hydrogens is 475 g/mol. The molecule has 4 aromatic rings. The van der Waals surface area contributed by atoms with Crippen LogP contribution in [-0.2, 0) is 0 Å². The molecule has 1 N–H and O–H groups in total. The average Bonchev–Trinajstić information content (AvgIpc) is 3.20. The van der Waals surface area contributed by atoms with E-state index >= 15 is 0 Å². The zero-order chi connectivity index (χ0) is 23.8. The van der Waals surface area contributed by atoms with Gasteiger partial charge in [-0.3, -0.25) is 10.1 Å². The molecule has 3 aromatic heterocycles. The molecule has 0 aliphatic carbocycles. The number of H-pyrrole nitrogens is 1. The molecule has 8 nitrogen and oxygen atoms in total. The van der Waals surface area contributed by atoms with Crippen molar-refractivity contribution in [1.29, 1.82) is 5.26 Å². The number of ether oxygens (including phenoxy) is 2. The second-order valence-corrected chi connectivity index (χ2v) is 8.76. The van der Waals surface area contributed by atoms with Gasteiger partial charge in [0.15, 0.2) is 11.5 Å². The van der Waals surface area contributed by atoms with Crippen LogP contribution in [0.3, 0.4) is 0 Å². The molecule has 5 rings (SSSR count). The SMILES string of the molecule is COc1cc2[nH]nc(-c3cnc(N4CCC4)c(C#N)c3)c2cc1O[C@H](C)c1c(Cl)cncc1Cl. The van der Waals surface area contributed by atoms with Crippen molar-refractivity contribution in [3.05, 3.63) is 58.0 Å². The van der Waals surface area contributed by atoms with Gasteiger partial charge in [-0.2, -0.15) is 10.4 Å². The summed E-state index contributed by atoms with van der Waals surface area (Å²) in [4.78, 5) is 10.7. The fraction of sp³-hybridized carbons (Fsp3) is 0.250. The molecule has 1 saturated heterocycles. The third kappa shape index (κ3) is 3.87. The van der Waals surface area contributed by atoms with Gasteiger partial charge in [0.05, 0.1) is 28.2 Å². The van der Waals surface area contributed by atoms with Gasteiger partial charge in [-0.1, -0.05) is 23.2 Å². The maximum atomic E-state index is 9.68. The van der Waals surface area contributed by atoms with Crippen LogP contribution in [0.2, 0.25) is 10.0 Å². The van der Waals surface area contributed by atoms with Crippen LogP contribution in [0.4, 0.5) is 5.82 Å². The highest BCUT2D eigenvalue weighted by Gasteiger charge is 2.22. The summed E-state index contributed by atoms with van der Waals surface area (Å²) in [5.74, 6) is 1.74. The van der Waals surface area contributed by atoms with Crippen LogP contribution in [0.25, 0.3) is 22.2 Å². The van der Waals surface area contributed by atoms with E-state index in [0.717, 1.165) is 36.0 Å². The van der Waals surface area contributed by atoms with Crippen molar-refractivity contribution in [2.75, 3.05) is 25.1 Å². The minimum atomic E-state index is -0.465. The minimum absolute atomic E-state index is 0.418. The van der Waals surface area contributed by atoms with Crippen LogP contribution in [0.5, 0.6) is 11.5 Å². The van der Waals surface area contributed by atoms with Crippen molar-refractivity contribution in [3.63, 3.8) is 0 Å². The van der Waals surface area contributed by atoms with Gasteiger partial charge in [0, 0.05) is 54.3 Å². The summed E-state index contributed by atoms with van der Waals surface area (Å²) < 4.78 is 11.8. The van der Waals surface area contributed by atoms with E-state index < -0.39 is 6.10 Å². The third-order valence-corrected chi connectivity index (χ3v) is 6.47. The van der Waals surface area contributed by atoms with Crippen molar-refractivity contribution < 1.29 is 9.47 Å². The number of aromatic amines is 1. The molecule has 1 aliphatic heterocycles. The Morgan fingerprint density at radius 1 is 1.12 bits per heavy atom. The third-order valence-electron chi connectivity index (χ3n) is 5.86. The van der Waals surface area contributed by atoms with E-state index in [2.05, 4.69) is 31.1 Å². The van der Waals surface area contributed by atoms with E-state index in [1.165, 1.54) is 12.4 Å². The van der Waals surface area contributed by atoms with Crippen molar-refractivity contribution in [2.24, 2.45) is 0 Å². The van der Waals surface area contributed by atoms with E-state index in [0.29, 0.717) is 44.2 Å². The smallest absolute Gasteiger partial charge is 0.162 e. The Morgan fingerprint density at radius 2 is 1.88 bits per heavy atom. The Kier molecular flexibility index (Phi) is 5.90. The van der Waals surface area contributed by atoms with Gasteiger partial charge in [0.25, 0.3) is 0 Å². The van der Waals surface area contributed by atoms with Gasteiger partial charge in [0.1, 0.15) is 23.7 Å². The van der Waals surface area contributed by atoms with Crippen LogP contribution in [-0.4, -0.2) is 40.4 Å². The number of benzene rings is 1. The van der Waals surface area contributed by atoms with Crippen LogP contribution < -0.4 is 14.4 Å². The number of nitrogens with one attached hydrogen (secondary N) is 1. The molecule has 4 heterocycles. The van der Waals surface area contributed by atoms with Gasteiger partial charge < -0.3 is 14.4 Å². The van der Waals surface area contributed by atoms with Gasteiger partial charge in [0.2, 0.25) is 0 Å². The fourth-order valence-corrected chi connectivity index (χ4v) is 4.68. The number of halogens is 2. The molecule has 10 heteroatoms. The molecule has 0 unspecified atom stereocenters. The lowest BCUT2D eigenvalue weighted by Crippen LogP contribution is -2.38. The van der Waals surface area contributed by atoms with E-state index in [1.54, 1.807) is 13.3 Å². The number of hydrogen-bond donors (Lipinski definition) is 1. The lowest BCUT2D eigenvalue weighted by Gasteiger charge is -2.32. The summed E-state index contributed by atoms with van der Waals surface area (Å²) in [6.45, 7) is 3.68. The number of aromatic nitrogens is 4. The summed E-state index contributed by atoms with van der Waals surface area (Å²) in [5, 5.41) is 18.8. The Labute approximate surface area is 206 Å². The first kappa shape index (κ1) is 22.3. The van der Waals surface area contributed by atoms with Crippen molar-refractivity contribution in [3.8, 4) is 28.8 Å². The number of anilines is 1. The Morgan fingerprint density at radius 3 is 2.53 bits per heavy atom. The summed E-state index contributed by atoms with van der Waals surface area (Å²) in [5.41, 5.74) is 3.31. The molecule has 0 bridgehead atoms. The predicted molar refractivity (Wildman–Crippen MR) is 131 cm³/mol. The maximum absolute atomic E-state index is 9.68. The number of rotatable bonds is 6. The van der Waals surface area contributed by atoms with Crippen molar-refractivity contribution in [2.45, 2.75) is 19.4 Å². The quantitative estimate of drug-likeness (QED) is 0.374. The number of nitrogens with zero attached hydrogens (tertiary/aromatic N) is 5. The normalized spacial score (nSPS) is 13.9. The second-order valence-electron chi connectivity index (χ2n) is 7.95. The lowest BCUT2D eigenvalue weighted by molar-refractivity contribution is 0.216. The van der Waals surface area contributed by atoms with E-state index in [4.69, 9.17) is 32.7 Å². The molecule has 0 saturated carbocycles. The number of methoxy groups -OCH3 is 1. The Balaban J connectivity index is 1.55. The molecule has 34 heavy (non-hydrogen) atoms. The summed E-state index contributed by atoms with van der Waals surface area (Å²) in [6.07, 6.45) is 5.44. The monoisotopic (exact) mass is 494 g/mol. The number of pyridine rings is 2. The Hall–Kier alpha value is -3.54. The van der Waals surface area contributed by atoms with Crippen LogP contribution in [0.15, 0.2) is 36.8 Å². The molecule has 1 aromatic carbocycles. The van der Waals surface area contributed by atoms with Gasteiger partial charge in [-0.25, -0.2) is 4.98 Å². The number of nitriles is 1. The van der Waals surface area contributed by atoms with Crippen molar-refractivity contribution in [1.82, 2.24) is 20.2 Å². The second kappa shape index (κ2) is 9.01. The molecule has 1 atom stereocenters. The van der Waals surface area contributed by atoms with Crippen LogP contribution in [0, 0.1) is 11.3 Å². The summed E-state index contributed by atoms with van der Waals surface area (Å²) >= 11 is 12.6. The van der Waals surface area contributed by atoms with Crippen molar-refractivity contribution >= 4 is 39.9 Å². The molecule has 0 amide bonds. The largest absolute Gasteiger partial charge is 0.493 e. The molecule has 172 valence electrons. The highest BCUT2D eigenvalue weighted by molar-refractivity contribution is 6.35. The first-order valence-corrected chi connectivity index (χ1v) is 11.4. The maximum Gasteiger partial charge on any atom is 0.162 e. The van der Waals surface area contributed by atoms with Crippen LogP contribution in [0.1, 0.15) is 30.6 Å². The molecular formula is C24H20Cl2N6O2. The Bertz CT molecular complexity index is 1410. The van der Waals surface area contributed by atoms with Crippen LogP contribution >= 0.6 is 23.2 Å². The van der Waals surface area contributed by atoms with E-state index in [1.807, 2.05) is 25.1 Å². The predicted octanol–water partition coefficient (Wildman–Crippen LogP) is 5.56. The standard InChI is InChI=1S/C24H20Cl2N6O2/c1-13(22-17(25)11-28-12-18(22)26)34-21-7-16-19(8-20(21)33-2)30-31-23(16)15-6-14(9-27)24(29-10-15)32-4-3-5-32/h6-8,10-13H,3-5H2,1-2H3,(H,30,31)/t13-/m1/s1. The average molecular weight is 495 g/mol. The highest BCUT2D eigenvalue weighted by atomic mass is 35.5. The van der Waals surface area contributed by atoms with E-state index in [-0.39, 0.29) is 0 Å². The zero-order valence-electron chi connectivity index (χ0n) is 18.5. The molecule has 0 radical (unpaired) electrons. The lowest BCUT2D eigenvalue weighted by atomic mass is 10.1. The zero-order valence-corrected chi connectivity index (χ0v) is 20.0. The fourth-order valence-electron chi connectivity index (χ4n) is 4.00. The molecule has 1 fully saturated rings.